The van der Waals surface area contributed by atoms with E-state index in [9.17, 15) is 19.2 Å². The van der Waals surface area contributed by atoms with Crippen molar-refractivity contribution in [3.63, 3.8) is 0 Å². The van der Waals surface area contributed by atoms with E-state index in [1.54, 1.807) is 6.92 Å². The predicted octanol–water partition coefficient (Wildman–Crippen LogP) is 0.486. The summed E-state index contributed by atoms with van der Waals surface area (Å²) in [5, 5.41) is 5.49. The van der Waals surface area contributed by atoms with Crippen LogP contribution in [0.25, 0.3) is 0 Å². The molecule has 0 aromatic rings. The summed E-state index contributed by atoms with van der Waals surface area (Å²) < 4.78 is 4.80. The standard InChI is InChI=1S/C16H24N2O5/c1-3-23-15(21)7-5-13(10-12-8-9-17-16(12)22)18-14(20)6-4-11(2)19/h5,7,12-13H,3-4,6,8-10H2,1-2H3,(H,17,22)(H,18,20)/b7-5+/t12-,13+/m1/s1. The first kappa shape index (κ1) is 18.9. The molecule has 128 valence electrons. The van der Waals surface area contributed by atoms with Crippen molar-refractivity contribution >= 4 is 23.6 Å². The van der Waals surface area contributed by atoms with Crippen LogP contribution in [0.2, 0.25) is 0 Å². The Labute approximate surface area is 135 Å². The van der Waals surface area contributed by atoms with Crippen LogP contribution in [0.4, 0.5) is 0 Å². The largest absolute Gasteiger partial charge is 0.463 e. The fourth-order valence-electron chi connectivity index (χ4n) is 2.32. The number of Topliss-reactive ketones (excluding diaryl/α,β-unsaturated/α-hetero) is 1. The van der Waals surface area contributed by atoms with E-state index in [4.69, 9.17) is 4.74 Å². The van der Waals surface area contributed by atoms with Crippen molar-refractivity contribution in [2.75, 3.05) is 13.2 Å². The van der Waals surface area contributed by atoms with Gasteiger partial charge >= 0.3 is 5.97 Å². The molecule has 0 saturated carbocycles. The second-order valence-corrected chi connectivity index (χ2v) is 5.50. The molecule has 0 aliphatic carbocycles. The van der Waals surface area contributed by atoms with Gasteiger partial charge in [-0.15, -0.1) is 0 Å². The Bertz CT molecular complexity index is 487. The molecule has 23 heavy (non-hydrogen) atoms. The highest BCUT2D eigenvalue weighted by Crippen LogP contribution is 2.17. The number of carbonyl (C=O) groups is 4. The molecule has 1 aliphatic rings. The molecule has 2 N–H and O–H groups in total. The van der Waals surface area contributed by atoms with Gasteiger partial charge in [-0.05, 0) is 26.7 Å². The molecule has 7 heteroatoms. The van der Waals surface area contributed by atoms with E-state index in [0.717, 1.165) is 0 Å². The van der Waals surface area contributed by atoms with Gasteiger partial charge in [-0.2, -0.15) is 0 Å². The highest BCUT2D eigenvalue weighted by molar-refractivity contribution is 5.85. The van der Waals surface area contributed by atoms with Crippen molar-refractivity contribution in [3.8, 4) is 0 Å². The third-order valence-electron chi connectivity index (χ3n) is 3.50. The monoisotopic (exact) mass is 324 g/mol. The van der Waals surface area contributed by atoms with Gasteiger partial charge in [-0.1, -0.05) is 6.08 Å². The SMILES string of the molecule is CCOC(=O)/C=C/[C@@H](C[C@H]1CCNC1=O)NC(=O)CCC(C)=O. The Hall–Kier alpha value is -2.18. The van der Waals surface area contributed by atoms with Crippen molar-refractivity contribution in [1.82, 2.24) is 10.6 Å². The molecule has 1 saturated heterocycles. The molecule has 1 fully saturated rings. The average Bonchev–Trinajstić information content (AvgIpc) is 2.88. The Morgan fingerprint density at radius 1 is 1.39 bits per heavy atom. The average molecular weight is 324 g/mol. The number of ether oxygens (including phenoxy) is 1. The van der Waals surface area contributed by atoms with Crippen LogP contribution in [0.15, 0.2) is 12.2 Å². The zero-order chi connectivity index (χ0) is 17.2. The second kappa shape index (κ2) is 9.76. The lowest BCUT2D eigenvalue weighted by atomic mass is 9.98. The molecule has 0 spiro atoms. The van der Waals surface area contributed by atoms with Gasteiger partial charge in [0.2, 0.25) is 11.8 Å². The van der Waals surface area contributed by atoms with E-state index in [0.29, 0.717) is 19.4 Å². The number of esters is 1. The fourth-order valence-corrected chi connectivity index (χ4v) is 2.32. The van der Waals surface area contributed by atoms with Crippen molar-refractivity contribution < 1.29 is 23.9 Å². The first-order valence-corrected chi connectivity index (χ1v) is 7.83. The van der Waals surface area contributed by atoms with Gasteiger partial charge in [-0.3, -0.25) is 9.59 Å². The smallest absolute Gasteiger partial charge is 0.330 e. The van der Waals surface area contributed by atoms with Crippen LogP contribution < -0.4 is 10.6 Å². The van der Waals surface area contributed by atoms with Crippen molar-refractivity contribution in [2.24, 2.45) is 5.92 Å². The molecular weight excluding hydrogens is 300 g/mol. The number of carbonyl (C=O) groups excluding carboxylic acids is 4. The van der Waals surface area contributed by atoms with E-state index >= 15 is 0 Å². The van der Waals surface area contributed by atoms with E-state index in [1.807, 2.05) is 0 Å². The minimum absolute atomic E-state index is 0.0440. The molecule has 2 amide bonds. The summed E-state index contributed by atoms with van der Waals surface area (Å²) >= 11 is 0. The molecule has 2 atom stereocenters. The zero-order valence-electron chi connectivity index (χ0n) is 13.6. The number of rotatable bonds is 9. The maximum Gasteiger partial charge on any atom is 0.330 e. The van der Waals surface area contributed by atoms with Crippen LogP contribution in [0.5, 0.6) is 0 Å². The lowest BCUT2D eigenvalue weighted by molar-refractivity contribution is -0.137. The number of nitrogens with one attached hydrogen (secondary N) is 2. The van der Waals surface area contributed by atoms with Crippen molar-refractivity contribution in [3.05, 3.63) is 12.2 Å². The third kappa shape index (κ3) is 7.58. The number of amides is 2. The van der Waals surface area contributed by atoms with Gasteiger partial charge in [-0.25, -0.2) is 4.79 Å². The maximum atomic E-state index is 11.9. The van der Waals surface area contributed by atoms with Crippen LogP contribution in [0, 0.1) is 5.92 Å². The molecular formula is C16H24N2O5. The molecule has 0 unspecified atom stereocenters. The summed E-state index contributed by atoms with van der Waals surface area (Å²) in [5.41, 5.74) is 0. The predicted molar refractivity (Wildman–Crippen MR) is 83.4 cm³/mol. The topological polar surface area (TPSA) is 102 Å². The summed E-state index contributed by atoms with van der Waals surface area (Å²) in [7, 11) is 0. The minimum atomic E-state index is -0.494. The van der Waals surface area contributed by atoms with Gasteiger partial charge in [0.1, 0.15) is 5.78 Å². The summed E-state index contributed by atoms with van der Waals surface area (Å²) in [4.78, 5) is 45.9. The van der Waals surface area contributed by atoms with E-state index < -0.39 is 12.0 Å². The lowest BCUT2D eigenvalue weighted by Gasteiger charge is -2.17. The second-order valence-electron chi connectivity index (χ2n) is 5.50. The van der Waals surface area contributed by atoms with Crippen molar-refractivity contribution in [2.45, 2.75) is 45.6 Å². The molecule has 0 radical (unpaired) electrons. The van der Waals surface area contributed by atoms with Crippen LogP contribution in [-0.2, 0) is 23.9 Å². The first-order chi connectivity index (χ1) is 10.9. The van der Waals surface area contributed by atoms with Crippen LogP contribution in [0.1, 0.15) is 39.5 Å². The number of hydrogen-bond acceptors (Lipinski definition) is 5. The molecule has 1 heterocycles. The Morgan fingerprint density at radius 3 is 2.70 bits per heavy atom. The minimum Gasteiger partial charge on any atom is -0.463 e. The van der Waals surface area contributed by atoms with Gasteiger partial charge in [0.05, 0.1) is 6.61 Å². The Kier molecular flexibility index (Phi) is 8.01. The summed E-state index contributed by atoms with van der Waals surface area (Å²) in [6.45, 7) is 4.02. The molecule has 0 bridgehead atoms. The quantitative estimate of drug-likeness (QED) is 0.475. The van der Waals surface area contributed by atoms with Gasteiger partial charge in [0.15, 0.2) is 0 Å². The summed E-state index contributed by atoms with van der Waals surface area (Å²) in [5.74, 6) is -1.07. The first-order valence-electron chi connectivity index (χ1n) is 7.83. The number of ketones is 1. The number of hydrogen-bond donors (Lipinski definition) is 2. The van der Waals surface area contributed by atoms with Gasteiger partial charge in [0.25, 0.3) is 0 Å². The molecule has 7 nitrogen and oxygen atoms in total. The Balaban J connectivity index is 2.63. The van der Waals surface area contributed by atoms with Crippen LogP contribution in [0.3, 0.4) is 0 Å². The summed E-state index contributed by atoms with van der Waals surface area (Å²) in [6, 6.07) is -0.451. The van der Waals surface area contributed by atoms with Crippen LogP contribution in [-0.4, -0.2) is 42.8 Å². The third-order valence-corrected chi connectivity index (χ3v) is 3.50. The molecule has 1 rings (SSSR count). The summed E-state index contributed by atoms with van der Waals surface area (Å²) in [6.07, 6.45) is 4.17. The van der Waals surface area contributed by atoms with E-state index in [-0.39, 0.29) is 43.0 Å². The molecule has 0 aromatic carbocycles. The maximum absolute atomic E-state index is 11.9. The van der Waals surface area contributed by atoms with Crippen molar-refractivity contribution in [1.29, 1.82) is 0 Å². The molecule has 0 aromatic heterocycles. The highest BCUT2D eigenvalue weighted by Gasteiger charge is 2.27. The lowest BCUT2D eigenvalue weighted by Crippen LogP contribution is -2.36. The normalized spacial score (nSPS) is 18.5. The van der Waals surface area contributed by atoms with E-state index in [1.165, 1.54) is 19.1 Å². The molecule has 1 aliphatic heterocycles. The van der Waals surface area contributed by atoms with Crippen LogP contribution >= 0.6 is 0 Å². The van der Waals surface area contributed by atoms with E-state index in [2.05, 4.69) is 10.6 Å². The Morgan fingerprint density at radius 2 is 2.13 bits per heavy atom. The zero-order valence-corrected chi connectivity index (χ0v) is 13.6. The highest BCUT2D eigenvalue weighted by atomic mass is 16.5. The van der Waals surface area contributed by atoms with Gasteiger partial charge in [0, 0.05) is 37.4 Å². The fraction of sp³-hybridized carbons (Fsp3) is 0.625. The van der Waals surface area contributed by atoms with Gasteiger partial charge < -0.3 is 20.2 Å².